The predicted molar refractivity (Wildman–Crippen MR) is 162 cm³/mol. The van der Waals surface area contributed by atoms with Crippen LogP contribution in [0.25, 0.3) is 0 Å². The quantitative estimate of drug-likeness (QED) is 0.334. The second kappa shape index (κ2) is 13.3. The van der Waals surface area contributed by atoms with Crippen molar-refractivity contribution in [1.82, 2.24) is 15.2 Å². The lowest BCUT2D eigenvalue weighted by Gasteiger charge is -2.41. The molecule has 0 bridgehead atoms. The number of aromatic nitrogens is 1. The molecule has 41 heavy (non-hydrogen) atoms. The predicted octanol–water partition coefficient (Wildman–Crippen LogP) is 5.65. The van der Waals surface area contributed by atoms with Gasteiger partial charge in [0.1, 0.15) is 11.6 Å². The molecule has 2 aromatic carbocycles. The van der Waals surface area contributed by atoms with Crippen molar-refractivity contribution < 1.29 is 13.9 Å². The van der Waals surface area contributed by atoms with Crippen molar-refractivity contribution >= 4 is 11.6 Å². The van der Waals surface area contributed by atoms with Gasteiger partial charge in [0.15, 0.2) is 5.43 Å². The van der Waals surface area contributed by atoms with Gasteiger partial charge in [0.2, 0.25) is 0 Å². The van der Waals surface area contributed by atoms with E-state index in [2.05, 4.69) is 46.2 Å². The maximum absolute atomic E-state index is 14.9. The number of pyridine rings is 1. The topological polar surface area (TPSA) is 77.7 Å². The Morgan fingerprint density at radius 3 is 2.44 bits per heavy atom. The van der Waals surface area contributed by atoms with Gasteiger partial charge in [0, 0.05) is 66.0 Å². The van der Waals surface area contributed by atoms with Gasteiger partial charge in [-0.3, -0.25) is 14.5 Å². The number of carbonyl (C=O) groups is 1. The van der Waals surface area contributed by atoms with Crippen LogP contribution < -0.4 is 20.4 Å². The first-order valence-electron chi connectivity index (χ1n) is 14.5. The molecule has 7 nitrogen and oxygen atoms in total. The largest absolute Gasteiger partial charge is 0.497 e. The average Bonchev–Trinajstić information content (AvgIpc) is 2.94. The van der Waals surface area contributed by atoms with Crippen LogP contribution in [-0.4, -0.2) is 48.6 Å². The van der Waals surface area contributed by atoms with Crippen molar-refractivity contribution in [2.75, 3.05) is 25.6 Å². The number of ether oxygens (including phenoxy) is 1. The number of benzene rings is 2. The molecule has 0 atom stereocenters. The molecule has 1 heterocycles. The molecule has 1 fully saturated rings. The first-order chi connectivity index (χ1) is 19.6. The smallest absolute Gasteiger partial charge is 0.252 e. The Labute approximate surface area is 242 Å². The van der Waals surface area contributed by atoms with Crippen molar-refractivity contribution in [3.8, 4) is 5.75 Å². The number of aromatic amines is 1. The summed E-state index contributed by atoms with van der Waals surface area (Å²) in [6.07, 6.45) is 4.09. The number of rotatable bonds is 10. The Bertz CT molecular complexity index is 1430. The van der Waals surface area contributed by atoms with Crippen LogP contribution in [0.2, 0.25) is 0 Å². The number of anilines is 1. The van der Waals surface area contributed by atoms with Crippen LogP contribution in [0.1, 0.15) is 71.0 Å². The van der Waals surface area contributed by atoms with E-state index in [0.29, 0.717) is 22.9 Å². The number of carbonyl (C=O) groups excluding carboxylic acids is 1. The summed E-state index contributed by atoms with van der Waals surface area (Å²) in [5.74, 6) is 0.0439. The van der Waals surface area contributed by atoms with E-state index in [1.165, 1.54) is 17.7 Å². The molecule has 0 spiro atoms. The van der Waals surface area contributed by atoms with E-state index in [0.717, 1.165) is 61.5 Å². The Morgan fingerprint density at radius 2 is 1.78 bits per heavy atom. The van der Waals surface area contributed by atoms with Gasteiger partial charge >= 0.3 is 0 Å². The van der Waals surface area contributed by atoms with Gasteiger partial charge < -0.3 is 19.9 Å². The van der Waals surface area contributed by atoms with Crippen LogP contribution in [0.4, 0.5) is 10.1 Å². The number of nitrogens with zero attached hydrogens (tertiary/aromatic N) is 2. The van der Waals surface area contributed by atoms with Gasteiger partial charge in [-0.1, -0.05) is 12.1 Å². The number of H-pyrrole nitrogens is 1. The number of aryl methyl sites for hydroxylation is 2. The molecule has 4 rings (SSSR count). The van der Waals surface area contributed by atoms with Crippen LogP contribution in [0.5, 0.6) is 5.75 Å². The molecular weight excluding hydrogens is 519 g/mol. The highest BCUT2D eigenvalue weighted by molar-refractivity contribution is 5.97. The van der Waals surface area contributed by atoms with Crippen molar-refractivity contribution in [3.63, 3.8) is 0 Å². The van der Waals surface area contributed by atoms with E-state index in [-0.39, 0.29) is 23.9 Å². The van der Waals surface area contributed by atoms with Crippen molar-refractivity contribution in [2.45, 2.75) is 78.6 Å². The standard InChI is InChI=1S/C33H43FN4O3/c1-7-38(27-13-11-26(12-14-27)37(5)20-24-9-8-10-28(16-24)41-6)31-18-25(34)17-29(22(31)3)33(40)35-19-30-23(4)36-21(2)15-32(30)39/h8-10,15-18,26-27H,7,11-14,19-20H2,1-6H3,(H,35,40)(H,36,39)/t26-,27-. The molecule has 2 N–H and O–H groups in total. The van der Waals surface area contributed by atoms with Crippen LogP contribution in [-0.2, 0) is 13.1 Å². The SMILES string of the molecule is CCN(c1cc(F)cc(C(=O)NCc2c(C)[nH]c(C)cc2=O)c1C)[C@H]1CC[C@H](N(C)Cc2cccc(OC)c2)CC1. The maximum atomic E-state index is 14.9. The first-order valence-corrected chi connectivity index (χ1v) is 14.5. The van der Waals surface area contributed by atoms with Crippen LogP contribution >= 0.6 is 0 Å². The summed E-state index contributed by atoms with van der Waals surface area (Å²) in [4.78, 5) is 33.4. The lowest BCUT2D eigenvalue weighted by molar-refractivity contribution is 0.0949. The molecule has 0 saturated heterocycles. The summed E-state index contributed by atoms with van der Waals surface area (Å²) in [5, 5.41) is 2.84. The number of halogens is 1. The van der Waals surface area contributed by atoms with E-state index >= 15 is 0 Å². The Hall–Kier alpha value is -3.65. The monoisotopic (exact) mass is 562 g/mol. The van der Waals surface area contributed by atoms with Crippen LogP contribution in [0.15, 0.2) is 47.3 Å². The highest BCUT2D eigenvalue weighted by Crippen LogP contribution is 2.33. The summed E-state index contributed by atoms with van der Waals surface area (Å²) in [6.45, 7) is 9.25. The molecule has 0 aliphatic heterocycles. The summed E-state index contributed by atoms with van der Waals surface area (Å²) < 4.78 is 20.3. The fourth-order valence-electron chi connectivity index (χ4n) is 6.18. The van der Waals surface area contributed by atoms with Crippen molar-refractivity contribution in [2.24, 2.45) is 0 Å². The Kier molecular flexibility index (Phi) is 9.86. The van der Waals surface area contributed by atoms with E-state index in [4.69, 9.17) is 4.74 Å². The lowest BCUT2D eigenvalue weighted by atomic mass is 9.88. The summed E-state index contributed by atoms with van der Waals surface area (Å²) >= 11 is 0. The molecule has 3 aromatic rings. The minimum absolute atomic E-state index is 0.0797. The molecule has 1 aliphatic rings. The normalized spacial score (nSPS) is 17.0. The van der Waals surface area contributed by atoms with E-state index in [9.17, 15) is 14.0 Å². The van der Waals surface area contributed by atoms with E-state index < -0.39 is 5.82 Å². The summed E-state index contributed by atoms with van der Waals surface area (Å²) in [7, 11) is 3.86. The van der Waals surface area contributed by atoms with Gasteiger partial charge in [0.25, 0.3) is 5.91 Å². The fraction of sp³-hybridized carbons (Fsp3) is 0.455. The molecule has 1 saturated carbocycles. The lowest BCUT2D eigenvalue weighted by Crippen LogP contribution is -2.43. The minimum atomic E-state index is -0.440. The zero-order valence-electron chi connectivity index (χ0n) is 25.1. The van der Waals surface area contributed by atoms with Crippen LogP contribution in [0, 0.1) is 26.6 Å². The first kappa shape index (κ1) is 30.3. The highest BCUT2D eigenvalue weighted by atomic mass is 19.1. The Balaban J connectivity index is 1.44. The third kappa shape index (κ3) is 7.17. The van der Waals surface area contributed by atoms with Gasteiger partial charge in [-0.2, -0.15) is 0 Å². The number of hydrogen-bond donors (Lipinski definition) is 2. The summed E-state index contributed by atoms with van der Waals surface area (Å²) in [6, 6.07) is 13.3. The van der Waals surface area contributed by atoms with Crippen LogP contribution in [0.3, 0.4) is 0 Å². The number of amides is 1. The summed E-state index contributed by atoms with van der Waals surface area (Å²) in [5.41, 5.74) is 4.89. The molecular formula is C33H43FN4O3. The van der Waals surface area contributed by atoms with Gasteiger partial charge in [0.05, 0.1) is 7.11 Å². The molecule has 1 aromatic heterocycles. The van der Waals surface area contributed by atoms with Gasteiger partial charge in [-0.25, -0.2) is 4.39 Å². The number of methoxy groups -OCH3 is 1. The Morgan fingerprint density at radius 1 is 1.07 bits per heavy atom. The third-order valence-corrected chi connectivity index (χ3v) is 8.44. The van der Waals surface area contributed by atoms with Crippen molar-refractivity contribution in [3.05, 3.63) is 92.1 Å². The third-order valence-electron chi connectivity index (χ3n) is 8.44. The number of nitrogens with one attached hydrogen (secondary N) is 2. The zero-order valence-corrected chi connectivity index (χ0v) is 25.1. The second-order valence-corrected chi connectivity index (χ2v) is 11.2. The van der Waals surface area contributed by atoms with E-state index in [1.54, 1.807) is 13.2 Å². The van der Waals surface area contributed by atoms with Gasteiger partial charge in [-0.15, -0.1) is 0 Å². The molecule has 8 heteroatoms. The highest BCUT2D eigenvalue weighted by Gasteiger charge is 2.29. The fourth-order valence-corrected chi connectivity index (χ4v) is 6.18. The molecule has 1 amide bonds. The minimum Gasteiger partial charge on any atom is -0.497 e. The average molecular weight is 563 g/mol. The molecule has 0 unspecified atom stereocenters. The zero-order chi connectivity index (χ0) is 29.7. The van der Waals surface area contributed by atoms with E-state index in [1.807, 2.05) is 32.9 Å². The second-order valence-electron chi connectivity index (χ2n) is 11.2. The molecule has 0 radical (unpaired) electrons. The maximum Gasteiger partial charge on any atom is 0.252 e. The number of hydrogen-bond acceptors (Lipinski definition) is 5. The molecule has 220 valence electrons. The van der Waals surface area contributed by atoms with Crippen molar-refractivity contribution in [1.29, 1.82) is 0 Å². The molecule has 1 aliphatic carbocycles. The van der Waals surface area contributed by atoms with Gasteiger partial charge in [-0.05, 0) is 95.8 Å².